The van der Waals surface area contributed by atoms with Gasteiger partial charge in [0, 0.05) is 7.47 Å². The molecule has 0 saturated carbocycles. The first kappa shape index (κ1) is 16.1. The topological polar surface area (TPSA) is 12.0 Å². The number of nitrogens with one attached hydrogen (secondary N) is 1. The Kier molecular flexibility index (Phi) is 12.4. The first-order chi connectivity index (χ1) is 6.74. The van der Waals surface area contributed by atoms with Gasteiger partial charge in [0.2, 0.25) is 0 Å². The highest BCUT2D eigenvalue weighted by atomic mass is 14.9. The van der Waals surface area contributed by atoms with E-state index in [1.165, 1.54) is 19.3 Å². The van der Waals surface area contributed by atoms with Crippen LogP contribution in [0.2, 0.25) is 0 Å². The molecule has 0 bridgehead atoms. The highest BCUT2D eigenvalue weighted by Crippen LogP contribution is 2.23. The Balaban J connectivity index is -0.000000258. The Morgan fingerprint density at radius 3 is 1.93 bits per heavy atom. The lowest BCUT2D eigenvalue weighted by atomic mass is 9.90. The lowest BCUT2D eigenvalue weighted by molar-refractivity contribution is 0.492. The van der Waals surface area contributed by atoms with Gasteiger partial charge in [0.25, 0.3) is 0 Å². The zero-order valence-corrected chi connectivity index (χ0v) is 11.2. The third-order valence-corrected chi connectivity index (χ3v) is 2.56. The van der Waals surface area contributed by atoms with Gasteiger partial charge in [-0.2, -0.15) is 0 Å². The van der Waals surface area contributed by atoms with E-state index in [4.69, 9.17) is 0 Å². The summed E-state index contributed by atoms with van der Waals surface area (Å²) in [6.45, 7) is 12.5. The molecule has 1 heteroatoms. The van der Waals surface area contributed by atoms with Crippen LogP contribution in [0.4, 0.5) is 0 Å². The summed E-state index contributed by atoms with van der Waals surface area (Å²) >= 11 is 0. The van der Waals surface area contributed by atoms with Crippen LogP contribution >= 0.6 is 0 Å². The molecule has 88 valence electrons. The molecule has 1 rings (SSSR count). The fraction of sp³-hybridized carbons (Fsp3) is 0.846. The predicted octanol–water partition coefficient (Wildman–Crippen LogP) is 4.39. The smallest absolute Gasteiger partial charge is 0.0104 e. The van der Waals surface area contributed by atoms with E-state index < -0.39 is 0 Å². The molecule has 1 atom stereocenters. The van der Waals surface area contributed by atoms with Crippen LogP contribution in [0, 0.1) is 0 Å². The van der Waals surface area contributed by atoms with Gasteiger partial charge in [-0.25, -0.2) is 0 Å². The molecule has 0 aromatic heterocycles. The van der Waals surface area contributed by atoms with Gasteiger partial charge in [-0.1, -0.05) is 38.8 Å². The van der Waals surface area contributed by atoms with E-state index in [1.54, 1.807) is 11.1 Å². The lowest BCUT2D eigenvalue weighted by Gasteiger charge is -2.23. The van der Waals surface area contributed by atoms with E-state index in [-0.39, 0.29) is 1.43 Å². The van der Waals surface area contributed by atoms with Gasteiger partial charge in [-0.05, 0) is 40.2 Å². The Bertz CT molecular complexity index is 153. The van der Waals surface area contributed by atoms with Crippen LogP contribution in [0.1, 0.15) is 62.2 Å². The summed E-state index contributed by atoms with van der Waals surface area (Å²) in [5.41, 5.74) is 3.19. The summed E-state index contributed by atoms with van der Waals surface area (Å²) in [6, 6.07) is 0.740. The maximum atomic E-state index is 3.32. The van der Waals surface area contributed by atoms with E-state index in [9.17, 15) is 0 Å². The molecular weight excluding hydrogens is 170 g/mol. The molecule has 1 aliphatic carbocycles. The summed E-state index contributed by atoms with van der Waals surface area (Å²) < 4.78 is 0. The second-order valence-corrected chi connectivity index (χ2v) is 3.29. The number of hydrogen-bond donors (Lipinski definition) is 1. The number of allylic oxidation sites excluding steroid dienone is 1. The van der Waals surface area contributed by atoms with Crippen molar-refractivity contribution in [1.82, 2.24) is 5.32 Å². The molecule has 0 amide bonds. The van der Waals surface area contributed by atoms with E-state index >= 15 is 0 Å². The quantitative estimate of drug-likeness (QED) is 0.620. The fourth-order valence-electron chi connectivity index (χ4n) is 1.50. The maximum Gasteiger partial charge on any atom is 0.0104 e. The van der Waals surface area contributed by atoms with Crippen molar-refractivity contribution in [1.29, 1.82) is 0 Å². The SMILES string of the molecule is CC.CC.CNC1CCC(C)=C(C)C1.[HH]. The first-order valence-corrected chi connectivity index (χ1v) is 6.06. The Hall–Kier alpha value is -0.300. The van der Waals surface area contributed by atoms with E-state index in [1.807, 2.05) is 27.7 Å². The molecule has 0 aromatic rings. The van der Waals surface area contributed by atoms with Crippen molar-refractivity contribution in [2.75, 3.05) is 7.05 Å². The van der Waals surface area contributed by atoms with Crippen LogP contribution in [0.25, 0.3) is 0 Å². The summed E-state index contributed by atoms with van der Waals surface area (Å²) in [5.74, 6) is 0. The normalized spacial score (nSPS) is 20.4. The van der Waals surface area contributed by atoms with Crippen LogP contribution in [-0.2, 0) is 0 Å². The molecule has 0 aliphatic heterocycles. The number of hydrogen-bond acceptors (Lipinski definition) is 1. The molecule has 0 fully saturated rings. The van der Waals surface area contributed by atoms with Gasteiger partial charge in [0.05, 0.1) is 0 Å². The van der Waals surface area contributed by atoms with Crippen molar-refractivity contribution >= 4 is 0 Å². The van der Waals surface area contributed by atoms with E-state index in [0.717, 1.165) is 6.04 Å². The van der Waals surface area contributed by atoms with Crippen LogP contribution in [0.5, 0.6) is 0 Å². The molecule has 0 radical (unpaired) electrons. The molecule has 0 saturated heterocycles. The van der Waals surface area contributed by atoms with Gasteiger partial charge in [-0.15, -0.1) is 0 Å². The molecule has 0 heterocycles. The second kappa shape index (κ2) is 10.8. The van der Waals surface area contributed by atoms with Crippen LogP contribution in [0.15, 0.2) is 11.1 Å². The number of rotatable bonds is 1. The molecule has 1 unspecified atom stereocenters. The summed E-state index contributed by atoms with van der Waals surface area (Å²) in [6.07, 6.45) is 3.86. The molecular formula is C13H31N. The van der Waals surface area contributed by atoms with Crippen LogP contribution < -0.4 is 5.32 Å². The minimum absolute atomic E-state index is 0. The predicted molar refractivity (Wildman–Crippen MR) is 69.9 cm³/mol. The van der Waals surface area contributed by atoms with Gasteiger partial charge in [0.15, 0.2) is 0 Å². The Morgan fingerprint density at radius 2 is 1.57 bits per heavy atom. The third-order valence-electron chi connectivity index (χ3n) is 2.56. The molecule has 1 aliphatic rings. The van der Waals surface area contributed by atoms with Gasteiger partial charge in [-0.3, -0.25) is 0 Å². The Morgan fingerprint density at radius 1 is 1.07 bits per heavy atom. The minimum Gasteiger partial charge on any atom is -0.317 e. The molecule has 1 N–H and O–H groups in total. The van der Waals surface area contributed by atoms with Crippen molar-refractivity contribution in [3.05, 3.63) is 11.1 Å². The van der Waals surface area contributed by atoms with Gasteiger partial charge < -0.3 is 5.32 Å². The second-order valence-electron chi connectivity index (χ2n) is 3.29. The fourth-order valence-corrected chi connectivity index (χ4v) is 1.50. The van der Waals surface area contributed by atoms with Crippen molar-refractivity contribution in [3.63, 3.8) is 0 Å². The third kappa shape index (κ3) is 6.20. The summed E-state index contributed by atoms with van der Waals surface area (Å²) in [4.78, 5) is 0. The van der Waals surface area contributed by atoms with Crippen molar-refractivity contribution in [2.24, 2.45) is 0 Å². The molecule has 0 spiro atoms. The average Bonchev–Trinajstić information content (AvgIpc) is 2.28. The monoisotopic (exact) mass is 201 g/mol. The summed E-state index contributed by atoms with van der Waals surface area (Å²) in [7, 11) is 2.05. The van der Waals surface area contributed by atoms with Crippen LogP contribution in [0.3, 0.4) is 0 Å². The first-order valence-electron chi connectivity index (χ1n) is 6.06. The van der Waals surface area contributed by atoms with Crippen molar-refractivity contribution < 1.29 is 1.43 Å². The molecule has 14 heavy (non-hydrogen) atoms. The molecule has 0 aromatic carbocycles. The van der Waals surface area contributed by atoms with Crippen molar-refractivity contribution in [2.45, 2.75) is 66.8 Å². The lowest BCUT2D eigenvalue weighted by Crippen LogP contribution is -2.27. The van der Waals surface area contributed by atoms with Crippen LogP contribution in [-0.4, -0.2) is 13.1 Å². The average molecular weight is 201 g/mol. The molecule has 1 nitrogen and oxygen atoms in total. The standard InChI is InChI=1S/C9H17N.2C2H6.H2/c1-7-4-5-9(10-3)6-8(7)2;2*1-2;/h9-10H,4-6H2,1-3H3;2*1-2H3;1H. The zero-order chi connectivity index (χ0) is 11.6. The van der Waals surface area contributed by atoms with E-state index in [0.29, 0.717) is 0 Å². The summed E-state index contributed by atoms with van der Waals surface area (Å²) in [5, 5.41) is 3.32. The maximum absolute atomic E-state index is 3.32. The van der Waals surface area contributed by atoms with E-state index in [2.05, 4.69) is 26.2 Å². The van der Waals surface area contributed by atoms with Gasteiger partial charge >= 0.3 is 0 Å². The minimum atomic E-state index is 0. The highest BCUT2D eigenvalue weighted by Gasteiger charge is 2.13. The Labute approximate surface area is 92.5 Å². The van der Waals surface area contributed by atoms with Crippen molar-refractivity contribution in [3.8, 4) is 0 Å². The highest BCUT2D eigenvalue weighted by molar-refractivity contribution is 5.14. The largest absolute Gasteiger partial charge is 0.317 e. The zero-order valence-electron chi connectivity index (χ0n) is 11.2. The van der Waals surface area contributed by atoms with Gasteiger partial charge in [0.1, 0.15) is 0 Å².